The number of halogens is 9. The Balaban J connectivity index is 1.96. The zero-order valence-corrected chi connectivity index (χ0v) is 22.9. The van der Waals surface area contributed by atoms with Gasteiger partial charge in [0.2, 0.25) is 0 Å². The summed E-state index contributed by atoms with van der Waals surface area (Å²) in [6, 6.07) is 2.87. The highest BCUT2D eigenvalue weighted by Crippen LogP contribution is 2.39. The first-order valence-electron chi connectivity index (χ1n) is 13.3. The maximum atomic E-state index is 13.5. The van der Waals surface area contributed by atoms with E-state index < -0.39 is 52.9 Å². The quantitative estimate of drug-likeness (QED) is 0.171. The van der Waals surface area contributed by atoms with Crippen molar-refractivity contribution in [2.75, 3.05) is 7.05 Å². The van der Waals surface area contributed by atoms with Crippen LogP contribution in [0.3, 0.4) is 0 Å². The molecule has 0 aliphatic heterocycles. The van der Waals surface area contributed by atoms with Gasteiger partial charge < -0.3 is 4.74 Å². The summed E-state index contributed by atoms with van der Waals surface area (Å²) in [4.78, 5) is 12.6. The van der Waals surface area contributed by atoms with Crippen LogP contribution in [0.4, 0.5) is 39.5 Å². The normalized spacial score (nSPS) is 16.5. The van der Waals surface area contributed by atoms with Crippen LogP contribution in [0.15, 0.2) is 36.4 Å². The molecule has 2 unspecified atom stereocenters. The van der Waals surface area contributed by atoms with Crippen molar-refractivity contribution in [3.63, 3.8) is 0 Å². The van der Waals surface area contributed by atoms with Crippen molar-refractivity contribution in [1.82, 2.24) is 4.90 Å². The minimum Gasteiger partial charge on any atom is -0.458 e. The average Bonchev–Trinajstić information content (AvgIpc) is 2.91. The van der Waals surface area contributed by atoms with E-state index in [0.717, 1.165) is 44.2 Å². The van der Waals surface area contributed by atoms with Crippen molar-refractivity contribution >= 4 is 6.47 Å². The summed E-state index contributed by atoms with van der Waals surface area (Å²) in [6.07, 6.45) is -10.5. The van der Waals surface area contributed by atoms with Gasteiger partial charge in [-0.25, -0.2) is 0 Å². The fourth-order valence-corrected chi connectivity index (χ4v) is 5.02. The molecule has 0 N–H and O–H groups in total. The summed E-state index contributed by atoms with van der Waals surface area (Å²) in [5, 5.41) is 0. The first-order valence-corrected chi connectivity index (χ1v) is 13.3. The third kappa shape index (κ3) is 8.90. The van der Waals surface area contributed by atoms with Crippen LogP contribution >= 0.6 is 0 Å². The number of carbonyl (C=O) groups excluding carboxylic acids is 1. The van der Waals surface area contributed by atoms with Crippen LogP contribution in [-0.2, 0) is 34.6 Å². The van der Waals surface area contributed by atoms with Crippen molar-refractivity contribution in [3.8, 4) is 11.8 Å². The Labute approximate surface area is 238 Å². The molecule has 0 heterocycles. The number of hydrogen-bond acceptors (Lipinski definition) is 3. The van der Waals surface area contributed by atoms with Crippen LogP contribution < -0.4 is 0 Å². The van der Waals surface area contributed by atoms with Gasteiger partial charge in [0.25, 0.3) is 6.47 Å². The van der Waals surface area contributed by atoms with E-state index in [1.54, 1.807) is 0 Å². The molecule has 1 aliphatic rings. The lowest BCUT2D eigenvalue weighted by molar-refractivity contribution is -0.143. The predicted molar refractivity (Wildman–Crippen MR) is 137 cm³/mol. The second kappa shape index (κ2) is 13.4. The predicted octanol–water partition coefficient (Wildman–Crippen LogP) is 8.80. The lowest BCUT2D eigenvalue weighted by Crippen LogP contribution is -2.35. The molecule has 1 fully saturated rings. The van der Waals surface area contributed by atoms with Gasteiger partial charge in [-0.1, -0.05) is 31.1 Å². The van der Waals surface area contributed by atoms with Gasteiger partial charge in [0, 0.05) is 24.6 Å². The van der Waals surface area contributed by atoms with Gasteiger partial charge in [-0.15, -0.1) is 0 Å². The monoisotopic (exact) mass is 607 g/mol. The number of carbonyl (C=O) groups is 1. The molecule has 0 bridgehead atoms. The van der Waals surface area contributed by atoms with Crippen LogP contribution in [0, 0.1) is 17.8 Å². The van der Waals surface area contributed by atoms with E-state index in [2.05, 4.69) is 11.8 Å². The highest BCUT2D eigenvalue weighted by atomic mass is 19.4. The average molecular weight is 608 g/mol. The molecule has 2 aromatic carbocycles. The Morgan fingerprint density at radius 2 is 1.45 bits per heavy atom. The second-order valence-electron chi connectivity index (χ2n) is 10.5. The Morgan fingerprint density at radius 1 is 0.881 bits per heavy atom. The van der Waals surface area contributed by atoms with Crippen molar-refractivity contribution in [1.29, 1.82) is 0 Å². The fourth-order valence-electron chi connectivity index (χ4n) is 5.02. The molecule has 1 aliphatic carbocycles. The van der Waals surface area contributed by atoms with Crippen LogP contribution in [0.25, 0.3) is 0 Å². The molecule has 42 heavy (non-hydrogen) atoms. The van der Waals surface area contributed by atoms with Gasteiger partial charge in [-0.3, -0.25) is 9.69 Å². The Kier molecular flexibility index (Phi) is 10.6. The van der Waals surface area contributed by atoms with Crippen LogP contribution in [0.2, 0.25) is 0 Å². The Bertz CT molecular complexity index is 1250. The van der Waals surface area contributed by atoms with Gasteiger partial charge in [0.15, 0.2) is 0 Å². The van der Waals surface area contributed by atoms with E-state index >= 15 is 0 Å². The summed E-state index contributed by atoms with van der Waals surface area (Å²) >= 11 is 0. The van der Waals surface area contributed by atoms with E-state index in [-0.39, 0.29) is 24.6 Å². The van der Waals surface area contributed by atoms with E-state index in [1.807, 2.05) is 0 Å². The molecular weight excluding hydrogens is 577 g/mol. The topological polar surface area (TPSA) is 29.5 Å². The first-order chi connectivity index (χ1) is 19.5. The maximum Gasteiger partial charge on any atom is 0.416 e. The second-order valence-corrected chi connectivity index (χ2v) is 10.5. The molecule has 2 aromatic rings. The summed E-state index contributed by atoms with van der Waals surface area (Å²) < 4.78 is 126. The molecule has 230 valence electrons. The summed E-state index contributed by atoms with van der Waals surface area (Å²) in [6.45, 7) is 1.06. The lowest BCUT2D eigenvalue weighted by Gasteiger charge is -2.32. The molecule has 0 spiro atoms. The van der Waals surface area contributed by atoms with Crippen LogP contribution in [0.1, 0.15) is 84.9 Å². The van der Waals surface area contributed by atoms with Crippen molar-refractivity contribution < 1.29 is 49.0 Å². The minimum atomic E-state index is -5.12. The van der Waals surface area contributed by atoms with E-state index in [4.69, 9.17) is 4.74 Å². The highest BCUT2D eigenvalue weighted by molar-refractivity contribution is 5.45. The van der Waals surface area contributed by atoms with Crippen molar-refractivity contribution in [3.05, 3.63) is 69.8 Å². The van der Waals surface area contributed by atoms with E-state index in [0.29, 0.717) is 30.0 Å². The maximum absolute atomic E-state index is 13.5. The molecule has 0 radical (unpaired) electrons. The van der Waals surface area contributed by atoms with Crippen molar-refractivity contribution in [2.45, 2.75) is 82.7 Å². The molecule has 0 saturated heterocycles. The minimum absolute atomic E-state index is 0.0449. The number of ether oxygens (including phenoxy) is 1. The van der Waals surface area contributed by atoms with E-state index in [9.17, 15) is 44.3 Å². The zero-order valence-electron chi connectivity index (χ0n) is 22.9. The molecule has 0 aromatic heterocycles. The third-order valence-corrected chi connectivity index (χ3v) is 7.46. The number of likely N-dealkylation sites (N-methyl/N-ethyl adjacent to an activating group) is 1. The van der Waals surface area contributed by atoms with Gasteiger partial charge >= 0.3 is 18.5 Å². The molecular formula is C30H30F9NO2. The molecule has 3 rings (SSSR count). The number of hydrogen-bond donors (Lipinski definition) is 0. The number of alkyl halides is 9. The van der Waals surface area contributed by atoms with Gasteiger partial charge in [-0.05, 0) is 80.3 Å². The smallest absolute Gasteiger partial charge is 0.416 e. The van der Waals surface area contributed by atoms with Gasteiger partial charge in [-0.2, -0.15) is 39.5 Å². The Hall–Kier alpha value is -3.20. The molecule has 1 saturated carbocycles. The molecule has 0 amide bonds. The largest absolute Gasteiger partial charge is 0.458 e. The zero-order chi connectivity index (χ0) is 31.3. The molecule has 3 nitrogen and oxygen atoms in total. The fraction of sp³-hybridized carbons (Fsp3) is 0.500. The highest BCUT2D eigenvalue weighted by Gasteiger charge is 2.39. The number of nitrogens with zero attached hydrogens (tertiary/aromatic N) is 1. The molecule has 2 atom stereocenters. The van der Waals surface area contributed by atoms with Crippen molar-refractivity contribution in [2.24, 2.45) is 5.92 Å². The number of rotatable bonds is 8. The van der Waals surface area contributed by atoms with E-state index in [1.165, 1.54) is 24.9 Å². The summed E-state index contributed by atoms with van der Waals surface area (Å²) in [5.74, 6) is 6.39. The lowest BCUT2D eigenvalue weighted by atomic mass is 9.87. The SMILES string of the molecule is CC(C(OC=O)c1cc(C(F)(F)F)cc(C(F)(F)F)c1)N(C)Cc1cc(C(F)(F)F)ccc1C#CCC1CCCCC1. The van der Waals surface area contributed by atoms with Crippen LogP contribution in [0.5, 0.6) is 0 Å². The van der Waals surface area contributed by atoms with Gasteiger partial charge in [0.1, 0.15) is 6.10 Å². The Morgan fingerprint density at radius 3 is 1.98 bits per heavy atom. The standard InChI is InChI=1S/C30H30F9NO2/c1-19(27(42-18-41)22-13-25(29(34,35)36)16-26(14-22)30(37,38)39)40(2)17-23-15-24(28(31,32)33)12-11-21(23)10-6-9-20-7-4-3-5-8-20/h11-16,18-20,27H,3-5,7-9,17H2,1-2H3. The third-order valence-electron chi connectivity index (χ3n) is 7.46. The number of benzene rings is 2. The molecule has 12 heteroatoms. The van der Waals surface area contributed by atoms with Gasteiger partial charge in [0.05, 0.1) is 16.7 Å². The van der Waals surface area contributed by atoms with Crippen LogP contribution in [-0.4, -0.2) is 24.5 Å². The summed E-state index contributed by atoms with van der Waals surface area (Å²) in [7, 11) is 1.41. The first kappa shape index (κ1) is 33.3. The summed E-state index contributed by atoms with van der Waals surface area (Å²) in [5.41, 5.74) is -4.22.